The molecule has 5 aromatic rings. The highest BCUT2D eigenvalue weighted by Gasteiger charge is 2.22. The first-order chi connectivity index (χ1) is 19.5. The zero-order valence-corrected chi connectivity index (χ0v) is 22.4. The van der Waals surface area contributed by atoms with Gasteiger partial charge in [0, 0.05) is 31.9 Å². The molecule has 1 fully saturated rings. The summed E-state index contributed by atoms with van der Waals surface area (Å²) in [6, 6.07) is 15.7. The van der Waals surface area contributed by atoms with Crippen molar-refractivity contribution >= 4 is 45.6 Å². The lowest BCUT2D eigenvalue weighted by molar-refractivity contribution is -0.125. The number of carbonyl (C=O) groups excluding carboxylic acids is 1. The number of aryl methyl sites for hydroxylation is 2. The van der Waals surface area contributed by atoms with Gasteiger partial charge in [0.2, 0.25) is 5.91 Å². The van der Waals surface area contributed by atoms with E-state index >= 15 is 0 Å². The molecule has 1 atom stereocenters. The van der Waals surface area contributed by atoms with E-state index in [-0.39, 0.29) is 5.91 Å². The number of hydrogen-bond acceptors (Lipinski definition) is 7. The number of hydrogen-bond donors (Lipinski definition) is 1. The van der Waals surface area contributed by atoms with Gasteiger partial charge in [-0.25, -0.2) is 19.9 Å². The first-order valence-electron chi connectivity index (χ1n) is 13.1. The molecule has 0 radical (unpaired) electrons. The van der Waals surface area contributed by atoms with Crippen LogP contribution in [0.25, 0.3) is 28.1 Å². The van der Waals surface area contributed by atoms with Gasteiger partial charge >= 0.3 is 0 Å². The molecule has 40 heavy (non-hydrogen) atoms. The van der Waals surface area contributed by atoms with E-state index in [9.17, 15) is 4.79 Å². The molecule has 200 valence electrons. The van der Waals surface area contributed by atoms with Crippen molar-refractivity contribution < 1.29 is 9.53 Å². The number of ether oxygens (including phenoxy) is 1. The van der Waals surface area contributed by atoms with Gasteiger partial charge in [-0.3, -0.25) is 4.79 Å². The summed E-state index contributed by atoms with van der Waals surface area (Å²) in [5.41, 5.74) is 6.02. The summed E-state index contributed by atoms with van der Waals surface area (Å²) in [4.78, 5) is 31.8. The van der Waals surface area contributed by atoms with Crippen molar-refractivity contribution in [3.05, 3.63) is 91.2 Å². The average molecular weight is 532 g/mol. The molecule has 1 N–H and O–H groups in total. The predicted octanol–water partition coefficient (Wildman–Crippen LogP) is 5.80. The maximum absolute atomic E-state index is 11.9. The van der Waals surface area contributed by atoms with Gasteiger partial charge in [0.15, 0.2) is 5.82 Å². The van der Waals surface area contributed by atoms with E-state index in [1.54, 1.807) is 6.33 Å². The standard InChI is InChI=1S/C31H29N7O2/c1-4-29(39)38-14-13-21(17-38)5-6-22-7-10-25-30(35-22)31(33-18-32-25)36-23-8-12-28(20(2)15-23)40-24-9-11-27-26(16-24)34-19-37(27)3/h4-12,15-16,18-19,21H,1,13-14,17H2,2-3H3,(H,32,33,36). The molecule has 3 aromatic heterocycles. The molecule has 2 aromatic carbocycles. The molecule has 9 nitrogen and oxygen atoms in total. The number of benzene rings is 2. The van der Waals surface area contributed by atoms with Crippen LogP contribution in [0.15, 0.2) is 79.9 Å². The first kappa shape index (κ1) is 25.2. The molecular weight excluding hydrogens is 502 g/mol. The molecule has 1 amide bonds. The number of anilines is 2. The van der Waals surface area contributed by atoms with Gasteiger partial charge in [0.05, 0.1) is 28.6 Å². The van der Waals surface area contributed by atoms with Crippen LogP contribution in [0.5, 0.6) is 11.5 Å². The van der Waals surface area contributed by atoms with Gasteiger partial charge in [-0.2, -0.15) is 0 Å². The summed E-state index contributed by atoms with van der Waals surface area (Å²) in [7, 11) is 1.97. The normalized spacial score (nSPS) is 15.2. The van der Waals surface area contributed by atoms with E-state index in [1.807, 2.05) is 78.0 Å². The maximum Gasteiger partial charge on any atom is 0.245 e. The number of fused-ring (bicyclic) bond motifs is 2. The molecule has 1 aliphatic heterocycles. The number of likely N-dealkylation sites (tertiary alicyclic amines) is 1. The lowest BCUT2D eigenvalue weighted by Crippen LogP contribution is -2.26. The van der Waals surface area contributed by atoms with Gasteiger partial charge in [-0.15, -0.1) is 0 Å². The van der Waals surface area contributed by atoms with E-state index in [1.165, 1.54) is 12.4 Å². The zero-order chi connectivity index (χ0) is 27.6. The molecule has 1 saturated heterocycles. The maximum atomic E-state index is 11.9. The Morgan fingerprint density at radius 2 is 2.00 bits per heavy atom. The highest BCUT2D eigenvalue weighted by molar-refractivity contribution is 5.88. The van der Waals surface area contributed by atoms with E-state index in [0.717, 1.165) is 58.0 Å². The number of nitrogens with one attached hydrogen (secondary N) is 1. The average Bonchev–Trinajstić information content (AvgIpc) is 3.60. The smallest absolute Gasteiger partial charge is 0.245 e. The van der Waals surface area contributed by atoms with E-state index in [0.29, 0.717) is 23.8 Å². The van der Waals surface area contributed by atoms with Crippen molar-refractivity contribution in [1.29, 1.82) is 0 Å². The topological polar surface area (TPSA) is 98.1 Å². The molecule has 1 aliphatic rings. The van der Waals surface area contributed by atoms with E-state index < -0.39 is 0 Å². The van der Waals surface area contributed by atoms with Crippen LogP contribution in [-0.4, -0.2) is 48.4 Å². The fourth-order valence-corrected chi connectivity index (χ4v) is 4.93. The Hall–Kier alpha value is -5.05. The summed E-state index contributed by atoms with van der Waals surface area (Å²) < 4.78 is 8.14. The van der Waals surface area contributed by atoms with Crippen LogP contribution in [0.1, 0.15) is 17.7 Å². The fraction of sp³-hybridized carbons (Fsp3) is 0.194. The van der Waals surface area contributed by atoms with Gasteiger partial charge in [0.25, 0.3) is 0 Å². The predicted molar refractivity (Wildman–Crippen MR) is 157 cm³/mol. The zero-order valence-electron chi connectivity index (χ0n) is 22.4. The van der Waals surface area contributed by atoms with Crippen LogP contribution in [0.4, 0.5) is 11.5 Å². The molecule has 0 saturated carbocycles. The third kappa shape index (κ3) is 5.13. The number of aromatic nitrogens is 5. The highest BCUT2D eigenvalue weighted by atomic mass is 16.5. The summed E-state index contributed by atoms with van der Waals surface area (Å²) in [6.45, 7) is 7.03. The summed E-state index contributed by atoms with van der Waals surface area (Å²) in [5, 5.41) is 3.40. The van der Waals surface area contributed by atoms with Gasteiger partial charge in [-0.1, -0.05) is 12.7 Å². The Bertz CT molecular complexity index is 1770. The fourth-order valence-electron chi connectivity index (χ4n) is 4.93. The van der Waals surface area contributed by atoms with Crippen LogP contribution >= 0.6 is 0 Å². The lowest BCUT2D eigenvalue weighted by atomic mass is 10.1. The van der Waals surface area contributed by atoms with Crippen molar-refractivity contribution in [3.8, 4) is 11.5 Å². The van der Waals surface area contributed by atoms with Crippen molar-refractivity contribution in [1.82, 2.24) is 29.4 Å². The molecular formula is C31H29N7O2. The third-order valence-corrected chi connectivity index (χ3v) is 7.12. The largest absolute Gasteiger partial charge is 0.457 e. The second-order valence-electron chi connectivity index (χ2n) is 9.94. The number of pyridine rings is 1. The molecule has 4 heterocycles. The minimum Gasteiger partial charge on any atom is -0.457 e. The summed E-state index contributed by atoms with van der Waals surface area (Å²) in [5.74, 6) is 2.39. The molecule has 9 heteroatoms. The quantitative estimate of drug-likeness (QED) is 0.265. The van der Waals surface area contributed by atoms with Gasteiger partial charge in [0.1, 0.15) is 23.3 Å². The number of amides is 1. The van der Waals surface area contributed by atoms with Crippen molar-refractivity contribution in [2.75, 3.05) is 18.4 Å². The minimum absolute atomic E-state index is 0.0200. The Labute approximate surface area is 231 Å². The van der Waals surface area contributed by atoms with Crippen LogP contribution < -0.4 is 10.1 Å². The van der Waals surface area contributed by atoms with Crippen molar-refractivity contribution in [2.24, 2.45) is 13.0 Å². The second-order valence-corrected chi connectivity index (χ2v) is 9.94. The molecule has 1 unspecified atom stereocenters. The van der Waals surface area contributed by atoms with E-state index in [4.69, 9.17) is 9.72 Å². The molecule has 0 spiro atoms. The lowest BCUT2D eigenvalue weighted by Gasteiger charge is -2.13. The Morgan fingerprint density at radius 1 is 1.10 bits per heavy atom. The molecule has 6 rings (SSSR count). The number of imidazole rings is 1. The third-order valence-electron chi connectivity index (χ3n) is 7.12. The van der Waals surface area contributed by atoms with Gasteiger partial charge in [-0.05, 0) is 79.4 Å². The number of nitrogens with zero attached hydrogens (tertiary/aromatic N) is 6. The monoisotopic (exact) mass is 531 g/mol. The van der Waals surface area contributed by atoms with Crippen molar-refractivity contribution in [2.45, 2.75) is 13.3 Å². The highest BCUT2D eigenvalue weighted by Crippen LogP contribution is 2.31. The SMILES string of the molecule is C=CC(=O)N1CCC(C=Cc2ccc3ncnc(Nc4ccc(Oc5ccc6c(c5)ncn6C)c(C)c4)c3n2)C1. The van der Waals surface area contributed by atoms with Crippen LogP contribution in [0.3, 0.4) is 0 Å². The van der Waals surface area contributed by atoms with Crippen LogP contribution in [-0.2, 0) is 11.8 Å². The van der Waals surface area contributed by atoms with Crippen molar-refractivity contribution in [3.63, 3.8) is 0 Å². The Balaban J connectivity index is 1.19. The van der Waals surface area contributed by atoms with Crippen LogP contribution in [0.2, 0.25) is 0 Å². The van der Waals surface area contributed by atoms with E-state index in [2.05, 4.69) is 32.9 Å². The molecule has 0 aliphatic carbocycles. The Kier molecular flexibility index (Phi) is 6.69. The number of carbonyl (C=O) groups is 1. The first-order valence-corrected chi connectivity index (χ1v) is 13.1. The second kappa shape index (κ2) is 10.6. The van der Waals surface area contributed by atoms with Crippen LogP contribution in [0, 0.1) is 12.8 Å². The Morgan fingerprint density at radius 3 is 2.85 bits per heavy atom. The summed E-state index contributed by atoms with van der Waals surface area (Å²) in [6.07, 6.45) is 9.74. The minimum atomic E-state index is -0.0200. The number of rotatable bonds is 7. The summed E-state index contributed by atoms with van der Waals surface area (Å²) >= 11 is 0. The molecule has 0 bridgehead atoms. The van der Waals surface area contributed by atoms with Gasteiger partial charge < -0.3 is 19.5 Å².